The van der Waals surface area contributed by atoms with E-state index in [1.807, 2.05) is 0 Å². The number of nitrogens with two attached hydrogens (primary N) is 1. The lowest BCUT2D eigenvalue weighted by Gasteiger charge is -2.32. The third-order valence-corrected chi connectivity index (χ3v) is 7.31. The summed E-state index contributed by atoms with van der Waals surface area (Å²) in [6, 6.07) is 1.95. The number of piperidine rings is 2. The van der Waals surface area contributed by atoms with Gasteiger partial charge in [-0.2, -0.15) is 4.98 Å². The summed E-state index contributed by atoms with van der Waals surface area (Å²) in [5.41, 5.74) is 5.13. The number of anilines is 2. The molecule has 0 atom stereocenters. The van der Waals surface area contributed by atoms with Crippen molar-refractivity contribution in [1.82, 2.24) is 20.1 Å². The van der Waals surface area contributed by atoms with Crippen LogP contribution in [0.1, 0.15) is 60.5 Å². The van der Waals surface area contributed by atoms with Crippen LogP contribution in [0.3, 0.4) is 0 Å². The molecule has 21 heteroatoms. The summed E-state index contributed by atoms with van der Waals surface area (Å²) in [4.78, 5) is 53.4. The highest BCUT2D eigenvalue weighted by Gasteiger charge is 2.36. The molecule has 0 spiro atoms. The number of pyridine rings is 2. The van der Waals surface area contributed by atoms with Crippen molar-refractivity contribution in [3.05, 3.63) is 47.5 Å². The molecule has 2 aliphatic heterocycles. The molecule has 2 aliphatic rings. The van der Waals surface area contributed by atoms with Crippen LogP contribution in [0.15, 0.2) is 34.2 Å². The Bertz CT molecular complexity index is 1740. The summed E-state index contributed by atoms with van der Waals surface area (Å²) in [5, 5.41) is 6.57. The van der Waals surface area contributed by atoms with Crippen LogP contribution in [-0.4, -0.2) is 95.1 Å². The minimum Gasteiger partial charge on any atom is -0.460 e. The maximum absolute atomic E-state index is 14.3. The molecule has 5 heterocycles. The molecule has 2 saturated heterocycles. The lowest BCUT2D eigenvalue weighted by Crippen LogP contribution is -2.40. The van der Waals surface area contributed by atoms with E-state index >= 15 is 0 Å². The molecule has 0 saturated carbocycles. The Hall–Kier alpha value is -5.50. The summed E-state index contributed by atoms with van der Waals surface area (Å²) in [7, 11) is 0. The first-order chi connectivity index (χ1) is 24.1. The first-order valence-electron chi connectivity index (χ1n) is 15.4. The van der Waals surface area contributed by atoms with Crippen LogP contribution in [0.4, 0.5) is 38.0 Å². The lowest BCUT2D eigenvalue weighted by molar-refractivity contribution is -0.135. The SMILES string of the molecule is CCOC(=O)C(N)=NOC(=O)c1cnc(N2CCC(F)(F)CC2)c(F)c1.CCOC(=O)c1noc(-c2cnc(N3CCC(F)(F)CC3)c(F)c2)n1. The quantitative estimate of drug-likeness (QED) is 0.0870. The van der Waals surface area contributed by atoms with Gasteiger partial charge in [-0.3, -0.25) is 0 Å². The van der Waals surface area contributed by atoms with Gasteiger partial charge in [0.2, 0.25) is 5.84 Å². The molecule has 5 rings (SSSR count). The van der Waals surface area contributed by atoms with Gasteiger partial charge in [0.25, 0.3) is 23.6 Å². The third-order valence-electron chi connectivity index (χ3n) is 7.31. The van der Waals surface area contributed by atoms with Crippen molar-refractivity contribution in [2.24, 2.45) is 10.9 Å². The van der Waals surface area contributed by atoms with Crippen LogP contribution in [0.2, 0.25) is 0 Å². The zero-order chi connectivity index (χ0) is 37.3. The summed E-state index contributed by atoms with van der Waals surface area (Å²) in [6.07, 6.45) is 0.807. The van der Waals surface area contributed by atoms with Crippen LogP contribution in [0, 0.1) is 11.6 Å². The van der Waals surface area contributed by atoms with Gasteiger partial charge in [-0.15, -0.1) is 0 Å². The summed E-state index contributed by atoms with van der Waals surface area (Å²) in [6.45, 7) is 3.32. The number of ether oxygens (including phenoxy) is 2. The van der Waals surface area contributed by atoms with Crippen LogP contribution in [0.25, 0.3) is 11.5 Å². The van der Waals surface area contributed by atoms with Gasteiger partial charge in [0.05, 0.1) is 24.3 Å². The number of carbonyl (C=O) groups excluding carboxylic acids is 3. The Morgan fingerprint density at radius 1 is 0.843 bits per heavy atom. The van der Waals surface area contributed by atoms with Crippen molar-refractivity contribution >= 4 is 35.4 Å². The molecule has 2 fully saturated rings. The van der Waals surface area contributed by atoms with Crippen LogP contribution < -0.4 is 15.5 Å². The van der Waals surface area contributed by atoms with Gasteiger partial charge in [0.15, 0.2) is 23.3 Å². The zero-order valence-electron chi connectivity index (χ0n) is 27.2. The van der Waals surface area contributed by atoms with Crippen LogP contribution in [0.5, 0.6) is 0 Å². The molecule has 0 unspecified atom stereocenters. The van der Waals surface area contributed by atoms with Gasteiger partial charge in [-0.25, -0.2) is 50.7 Å². The van der Waals surface area contributed by atoms with Gasteiger partial charge in [0.1, 0.15) is 0 Å². The Morgan fingerprint density at radius 2 is 1.37 bits per heavy atom. The highest BCUT2D eigenvalue weighted by atomic mass is 19.3. The van der Waals surface area contributed by atoms with Crippen molar-refractivity contribution < 1.29 is 59.6 Å². The molecule has 15 nitrogen and oxygen atoms in total. The van der Waals surface area contributed by atoms with E-state index < -0.39 is 60.1 Å². The number of aromatic nitrogens is 4. The van der Waals surface area contributed by atoms with E-state index in [-0.39, 0.29) is 86.7 Å². The number of carbonyl (C=O) groups is 3. The zero-order valence-corrected chi connectivity index (χ0v) is 27.2. The second kappa shape index (κ2) is 16.5. The van der Waals surface area contributed by atoms with Crippen molar-refractivity contribution in [1.29, 1.82) is 0 Å². The Kier molecular flexibility index (Phi) is 12.4. The maximum atomic E-state index is 14.3. The number of hydrogen-bond donors (Lipinski definition) is 1. The van der Waals surface area contributed by atoms with E-state index in [9.17, 15) is 40.7 Å². The molecule has 2 N–H and O–H groups in total. The molecule has 0 aromatic carbocycles. The van der Waals surface area contributed by atoms with E-state index in [0.29, 0.717) is 0 Å². The standard InChI is InChI=1S/C15H17F3N4O4.C15H15F3N4O3/c1-2-25-14(24)11(19)21-26-13(23)9-7-10(16)12(20-8-9)22-5-3-15(17,18)4-6-22;1-2-24-14(23)11-20-13(25-21-11)9-7-10(16)12(19-8-9)22-5-3-15(17,18)4-6-22/h7-8H,2-6H2,1H3,(H2,19,21);7-8H,2-6H2,1H3. The minimum atomic E-state index is -2.77. The molecule has 0 aliphatic carbocycles. The number of esters is 2. The first-order valence-corrected chi connectivity index (χ1v) is 15.4. The molecule has 51 heavy (non-hydrogen) atoms. The smallest absolute Gasteiger partial charge is 0.379 e. The highest BCUT2D eigenvalue weighted by Crippen LogP contribution is 2.32. The number of rotatable bonds is 8. The summed E-state index contributed by atoms with van der Waals surface area (Å²) in [5.74, 6) is -11.1. The number of nitrogens with zero attached hydrogens (tertiary/aromatic N) is 7. The fourth-order valence-corrected chi connectivity index (χ4v) is 4.65. The first kappa shape index (κ1) is 38.3. The molecule has 0 bridgehead atoms. The number of oxime groups is 1. The third kappa shape index (κ3) is 10.3. The number of hydrogen-bond acceptors (Lipinski definition) is 14. The second-order valence-electron chi connectivity index (χ2n) is 11.0. The molecular weight excluding hydrogens is 698 g/mol. The van der Waals surface area contributed by atoms with Crippen molar-refractivity contribution in [2.45, 2.75) is 51.4 Å². The fraction of sp³-hybridized carbons (Fsp3) is 0.467. The highest BCUT2D eigenvalue weighted by molar-refractivity contribution is 6.34. The monoisotopic (exact) mass is 730 g/mol. The van der Waals surface area contributed by atoms with Gasteiger partial charge in [-0.05, 0) is 36.3 Å². The van der Waals surface area contributed by atoms with Crippen LogP contribution >= 0.6 is 0 Å². The molecule has 3 aromatic heterocycles. The van der Waals surface area contributed by atoms with Crippen molar-refractivity contribution in [3.63, 3.8) is 0 Å². The summed E-state index contributed by atoms with van der Waals surface area (Å²) >= 11 is 0. The van der Waals surface area contributed by atoms with Crippen molar-refractivity contribution in [3.8, 4) is 11.5 Å². The lowest BCUT2D eigenvalue weighted by atomic mass is 10.1. The van der Waals surface area contributed by atoms with E-state index in [0.717, 1.165) is 18.3 Å². The van der Waals surface area contributed by atoms with E-state index in [1.54, 1.807) is 13.8 Å². The van der Waals surface area contributed by atoms with Gasteiger partial charge in [0, 0.05) is 64.3 Å². The van der Waals surface area contributed by atoms with Gasteiger partial charge >= 0.3 is 17.9 Å². The Labute approximate surface area is 285 Å². The Balaban J connectivity index is 0.000000229. The van der Waals surface area contributed by atoms with Gasteiger partial charge in [-0.1, -0.05) is 0 Å². The molecular formula is C30H32F6N8O7. The number of alkyl halides is 4. The predicted octanol–water partition coefficient (Wildman–Crippen LogP) is 4.13. The molecule has 276 valence electrons. The number of halogens is 6. The second-order valence-corrected chi connectivity index (χ2v) is 11.0. The van der Waals surface area contributed by atoms with Gasteiger partial charge < -0.3 is 34.4 Å². The minimum absolute atomic E-state index is 0.00983. The van der Waals surface area contributed by atoms with E-state index in [1.165, 1.54) is 16.0 Å². The number of amidine groups is 1. The predicted molar refractivity (Wildman–Crippen MR) is 164 cm³/mol. The van der Waals surface area contributed by atoms with Crippen LogP contribution in [-0.2, 0) is 19.1 Å². The van der Waals surface area contributed by atoms with E-state index in [2.05, 4.69) is 34.8 Å². The molecule has 0 radical (unpaired) electrons. The topological polar surface area (TPSA) is 188 Å². The van der Waals surface area contributed by atoms with E-state index in [4.69, 9.17) is 15.0 Å². The maximum Gasteiger partial charge on any atom is 0.379 e. The van der Waals surface area contributed by atoms with Crippen molar-refractivity contribution in [2.75, 3.05) is 49.2 Å². The summed E-state index contributed by atoms with van der Waals surface area (Å²) < 4.78 is 95.4. The molecule has 0 amide bonds. The average Bonchev–Trinajstić information content (AvgIpc) is 3.59. The normalized spacial score (nSPS) is 16.8. The fourth-order valence-electron chi connectivity index (χ4n) is 4.65. The molecule has 3 aromatic rings. The Morgan fingerprint density at radius 3 is 1.88 bits per heavy atom. The largest absolute Gasteiger partial charge is 0.460 e. The average molecular weight is 731 g/mol.